The fraction of sp³-hybridized carbons (Fsp3) is 0.812. The second-order valence-electron chi connectivity index (χ2n) is 6.24. The number of fused-ring (bicyclic) bond motifs is 4. The van der Waals surface area contributed by atoms with Gasteiger partial charge < -0.3 is 4.74 Å². The van der Waals surface area contributed by atoms with Crippen LogP contribution in [-0.4, -0.2) is 11.6 Å². The number of rotatable bonds is 1. The summed E-state index contributed by atoms with van der Waals surface area (Å²) >= 11 is 0. The van der Waals surface area contributed by atoms with Crippen molar-refractivity contribution in [3.05, 3.63) is 11.6 Å². The lowest BCUT2D eigenvalue weighted by molar-refractivity contribution is -0.184. The molecule has 0 radical (unpaired) electrons. The third-order valence-electron chi connectivity index (χ3n) is 5.21. The average Bonchev–Trinajstić information content (AvgIpc) is 2.63. The van der Waals surface area contributed by atoms with Gasteiger partial charge in [-0.1, -0.05) is 30.9 Å². The van der Waals surface area contributed by atoms with Crippen molar-refractivity contribution in [2.45, 2.75) is 70.3 Å². The summed E-state index contributed by atoms with van der Waals surface area (Å²) in [4.78, 5) is 11.5. The molecule has 2 heteroatoms. The van der Waals surface area contributed by atoms with Gasteiger partial charge in [-0.2, -0.15) is 0 Å². The van der Waals surface area contributed by atoms with Crippen molar-refractivity contribution in [1.29, 1.82) is 0 Å². The van der Waals surface area contributed by atoms with Gasteiger partial charge in [0.25, 0.3) is 0 Å². The molecule has 0 unspecified atom stereocenters. The van der Waals surface area contributed by atoms with Gasteiger partial charge in [0, 0.05) is 18.8 Å². The van der Waals surface area contributed by atoms with Crippen LogP contribution >= 0.6 is 0 Å². The van der Waals surface area contributed by atoms with E-state index >= 15 is 0 Å². The summed E-state index contributed by atoms with van der Waals surface area (Å²) in [5.41, 5.74) is 1.52. The highest BCUT2D eigenvalue weighted by Crippen LogP contribution is 2.60. The lowest BCUT2D eigenvalue weighted by atomic mass is 9.54. The standard InChI is InChI=1S/C16H24O2/c1-12(17)18-16-11-7-3-6-10-15(16)13-8-4-2-5-9-14(13)16/h8,14-15H,2-7,9-11H2,1H3/t14-,15+,16-/m0/s1. The smallest absolute Gasteiger partial charge is 0.303 e. The minimum absolute atomic E-state index is 0.0785. The molecule has 18 heavy (non-hydrogen) atoms. The molecule has 0 heterocycles. The number of hydrogen-bond donors (Lipinski definition) is 0. The molecule has 3 rings (SSSR count). The third-order valence-corrected chi connectivity index (χ3v) is 5.21. The molecule has 0 saturated heterocycles. The Morgan fingerprint density at radius 2 is 1.89 bits per heavy atom. The molecule has 0 aliphatic heterocycles. The lowest BCUT2D eigenvalue weighted by Gasteiger charge is -2.56. The molecule has 2 nitrogen and oxygen atoms in total. The monoisotopic (exact) mass is 248 g/mol. The molecule has 100 valence electrons. The van der Waals surface area contributed by atoms with Gasteiger partial charge in [0.2, 0.25) is 0 Å². The number of carbonyl (C=O) groups excluding carboxylic acids is 1. The molecule has 0 N–H and O–H groups in total. The van der Waals surface area contributed by atoms with Gasteiger partial charge in [-0.05, 0) is 38.5 Å². The van der Waals surface area contributed by atoms with Gasteiger partial charge in [-0.25, -0.2) is 0 Å². The van der Waals surface area contributed by atoms with Crippen LogP contribution in [0.1, 0.15) is 64.7 Å². The third kappa shape index (κ3) is 1.81. The first kappa shape index (κ1) is 12.3. The van der Waals surface area contributed by atoms with Crippen LogP contribution in [0.15, 0.2) is 11.6 Å². The first-order valence-electron chi connectivity index (χ1n) is 7.63. The van der Waals surface area contributed by atoms with Crippen LogP contribution in [0, 0.1) is 11.8 Å². The van der Waals surface area contributed by atoms with Crippen LogP contribution in [0.3, 0.4) is 0 Å². The lowest BCUT2D eigenvalue weighted by Crippen LogP contribution is -2.59. The summed E-state index contributed by atoms with van der Waals surface area (Å²) in [6, 6.07) is 0. The van der Waals surface area contributed by atoms with E-state index < -0.39 is 0 Å². The first-order chi connectivity index (χ1) is 8.74. The summed E-state index contributed by atoms with van der Waals surface area (Å²) in [5, 5.41) is 0. The summed E-state index contributed by atoms with van der Waals surface area (Å²) in [6.45, 7) is 1.58. The quantitative estimate of drug-likeness (QED) is 0.518. The number of esters is 1. The Kier molecular flexibility index (Phi) is 3.21. The second-order valence-corrected chi connectivity index (χ2v) is 6.24. The topological polar surface area (TPSA) is 26.3 Å². The molecule has 0 bridgehead atoms. The maximum absolute atomic E-state index is 11.5. The molecule has 3 atom stereocenters. The van der Waals surface area contributed by atoms with Crippen molar-refractivity contribution in [3.8, 4) is 0 Å². The molecule has 2 fully saturated rings. The van der Waals surface area contributed by atoms with Gasteiger partial charge in [0.05, 0.1) is 0 Å². The molecule has 2 saturated carbocycles. The highest BCUT2D eigenvalue weighted by molar-refractivity contribution is 5.67. The van der Waals surface area contributed by atoms with Crippen LogP contribution < -0.4 is 0 Å². The molecule has 0 aromatic rings. The van der Waals surface area contributed by atoms with Crippen molar-refractivity contribution >= 4 is 5.97 Å². The van der Waals surface area contributed by atoms with E-state index in [1.165, 1.54) is 51.4 Å². The Morgan fingerprint density at radius 1 is 1.17 bits per heavy atom. The van der Waals surface area contributed by atoms with Gasteiger partial charge >= 0.3 is 5.97 Å². The van der Waals surface area contributed by atoms with Crippen molar-refractivity contribution in [2.24, 2.45) is 11.8 Å². The van der Waals surface area contributed by atoms with Gasteiger partial charge in [-0.3, -0.25) is 4.79 Å². The van der Waals surface area contributed by atoms with Crippen molar-refractivity contribution in [3.63, 3.8) is 0 Å². The summed E-state index contributed by atoms with van der Waals surface area (Å²) < 4.78 is 5.90. The van der Waals surface area contributed by atoms with Gasteiger partial charge in [0.15, 0.2) is 0 Å². The van der Waals surface area contributed by atoms with E-state index in [1.807, 2.05) is 0 Å². The van der Waals surface area contributed by atoms with Gasteiger partial charge in [-0.15, -0.1) is 0 Å². The van der Waals surface area contributed by atoms with E-state index in [0.717, 1.165) is 6.42 Å². The fourth-order valence-corrected chi connectivity index (χ4v) is 4.56. The first-order valence-corrected chi connectivity index (χ1v) is 7.63. The van der Waals surface area contributed by atoms with E-state index in [1.54, 1.807) is 12.5 Å². The molecule has 3 aliphatic rings. The van der Waals surface area contributed by atoms with E-state index in [0.29, 0.717) is 11.8 Å². The predicted molar refractivity (Wildman–Crippen MR) is 71.1 cm³/mol. The summed E-state index contributed by atoms with van der Waals surface area (Å²) in [5.74, 6) is 1.02. The largest absolute Gasteiger partial charge is 0.458 e. The molecule has 0 spiro atoms. The number of carbonyl (C=O) groups is 1. The van der Waals surface area contributed by atoms with Crippen molar-refractivity contribution in [2.75, 3.05) is 0 Å². The number of ether oxygens (including phenoxy) is 1. The average molecular weight is 248 g/mol. The zero-order valence-electron chi connectivity index (χ0n) is 11.4. The highest BCUT2D eigenvalue weighted by Gasteiger charge is 2.60. The Labute approximate surface area is 110 Å². The van der Waals surface area contributed by atoms with Crippen LogP contribution in [0.4, 0.5) is 0 Å². The molecular weight excluding hydrogens is 224 g/mol. The van der Waals surface area contributed by atoms with Crippen LogP contribution in [0.25, 0.3) is 0 Å². The summed E-state index contributed by atoms with van der Waals surface area (Å²) in [6.07, 6.45) is 13.7. The predicted octanol–water partition coefficient (Wildman–Crippen LogP) is 4.00. The Bertz CT molecular complexity index is 371. The van der Waals surface area contributed by atoms with E-state index in [-0.39, 0.29) is 11.6 Å². The maximum Gasteiger partial charge on any atom is 0.303 e. The molecular formula is C16H24O2. The van der Waals surface area contributed by atoms with Crippen LogP contribution in [0.2, 0.25) is 0 Å². The molecule has 0 amide bonds. The maximum atomic E-state index is 11.5. The zero-order valence-corrected chi connectivity index (χ0v) is 11.4. The van der Waals surface area contributed by atoms with Gasteiger partial charge in [0.1, 0.15) is 5.60 Å². The Hall–Kier alpha value is -0.790. The zero-order chi connectivity index (χ0) is 12.6. The molecule has 0 aromatic heterocycles. The van der Waals surface area contributed by atoms with E-state index in [4.69, 9.17) is 4.74 Å². The number of allylic oxidation sites excluding steroid dienone is 1. The number of hydrogen-bond acceptors (Lipinski definition) is 2. The fourth-order valence-electron chi connectivity index (χ4n) is 4.56. The molecule has 3 aliphatic carbocycles. The second kappa shape index (κ2) is 4.71. The minimum atomic E-state index is -0.113. The van der Waals surface area contributed by atoms with Crippen LogP contribution in [-0.2, 0) is 9.53 Å². The normalized spacial score (nSPS) is 39.3. The van der Waals surface area contributed by atoms with Crippen LogP contribution in [0.5, 0.6) is 0 Å². The van der Waals surface area contributed by atoms with Crippen molar-refractivity contribution < 1.29 is 9.53 Å². The molecule has 0 aromatic carbocycles. The highest BCUT2D eigenvalue weighted by atomic mass is 16.6. The van der Waals surface area contributed by atoms with E-state index in [9.17, 15) is 4.79 Å². The van der Waals surface area contributed by atoms with Crippen molar-refractivity contribution in [1.82, 2.24) is 0 Å². The van der Waals surface area contributed by atoms with E-state index in [2.05, 4.69) is 6.08 Å². The Morgan fingerprint density at radius 3 is 2.61 bits per heavy atom. The minimum Gasteiger partial charge on any atom is -0.458 e. The SMILES string of the molecule is CC(=O)O[C@]12CCCCC[C@@H]1C1=CCCCC[C@@H]12. The summed E-state index contributed by atoms with van der Waals surface area (Å²) in [7, 11) is 0. The Balaban J connectivity index is 1.91.